The lowest BCUT2D eigenvalue weighted by molar-refractivity contribution is 0.215. The number of rotatable bonds is 2. The Kier molecular flexibility index (Phi) is 2.10. The maximum absolute atomic E-state index is 8.90. The van der Waals surface area contributed by atoms with Crippen LogP contribution in [0.25, 0.3) is 0 Å². The fourth-order valence-corrected chi connectivity index (χ4v) is 0.684. The van der Waals surface area contributed by atoms with Gasteiger partial charge in [-0.1, -0.05) is 5.16 Å². The van der Waals surface area contributed by atoms with Gasteiger partial charge in [-0.15, -0.1) is 0 Å². The van der Waals surface area contributed by atoms with E-state index in [1.54, 1.807) is 11.6 Å². The number of aromatic hydroxyl groups is 1. The summed E-state index contributed by atoms with van der Waals surface area (Å²) in [4.78, 5) is 8.18. The summed E-state index contributed by atoms with van der Waals surface area (Å²) in [7, 11) is 3.20. The fourth-order valence-electron chi connectivity index (χ4n) is 0.684. The molecule has 5 nitrogen and oxygen atoms in total. The summed E-state index contributed by atoms with van der Waals surface area (Å²) in [5.74, 6) is 0.523. The van der Waals surface area contributed by atoms with Crippen molar-refractivity contribution in [1.29, 1.82) is 0 Å². The minimum Gasteiger partial charge on any atom is -0.492 e. The lowest BCUT2D eigenvalue weighted by Gasteiger charge is -1.90. The molecule has 1 N–H and O–H groups in total. The summed E-state index contributed by atoms with van der Waals surface area (Å²) in [6, 6.07) is 0. The van der Waals surface area contributed by atoms with E-state index in [-0.39, 0.29) is 5.88 Å². The van der Waals surface area contributed by atoms with E-state index in [0.717, 1.165) is 0 Å². The molecule has 0 saturated heterocycles. The number of hydrogen-bond acceptors (Lipinski definition) is 4. The van der Waals surface area contributed by atoms with Crippen molar-refractivity contribution in [3.05, 3.63) is 12.0 Å². The predicted octanol–water partition coefficient (Wildman–Crippen LogP) is 0.106. The molecule has 0 aliphatic carbocycles. The molecule has 0 amide bonds. The fraction of sp³-hybridized carbons (Fsp3) is 0.333. The first-order valence-electron chi connectivity index (χ1n) is 3.03. The maximum Gasteiger partial charge on any atom is 0.229 e. The summed E-state index contributed by atoms with van der Waals surface area (Å²) < 4.78 is 1.64. The zero-order chi connectivity index (χ0) is 8.27. The van der Waals surface area contributed by atoms with Crippen LogP contribution in [0.1, 0.15) is 5.82 Å². The molecule has 1 heterocycles. The van der Waals surface area contributed by atoms with Crippen molar-refractivity contribution >= 4 is 6.21 Å². The van der Waals surface area contributed by atoms with Gasteiger partial charge in [0.15, 0.2) is 5.82 Å². The van der Waals surface area contributed by atoms with Crippen LogP contribution in [0.3, 0.4) is 0 Å². The second-order valence-electron chi connectivity index (χ2n) is 1.99. The van der Waals surface area contributed by atoms with Gasteiger partial charge in [-0.25, -0.2) is 0 Å². The molecule has 1 aromatic heterocycles. The second kappa shape index (κ2) is 3.05. The molecule has 0 aliphatic rings. The largest absolute Gasteiger partial charge is 0.492 e. The van der Waals surface area contributed by atoms with E-state index < -0.39 is 0 Å². The van der Waals surface area contributed by atoms with Gasteiger partial charge in [-0.3, -0.25) is 0 Å². The highest BCUT2D eigenvalue weighted by Gasteiger charge is 1.99. The maximum atomic E-state index is 8.90. The Labute approximate surface area is 63.9 Å². The number of aryl methyl sites for hydroxylation is 1. The molecule has 0 unspecified atom stereocenters. The Morgan fingerprint density at radius 2 is 2.55 bits per heavy atom. The van der Waals surface area contributed by atoms with Crippen LogP contribution >= 0.6 is 0 Å². The summed E-state index contributed by atoms with van der Waals surface area (Å²) in [6.45, 7) is 0. The van der Waals surface area contributed by atoms with Crippen LogP contribution in [-0.4, -0.2) is 28.0 Å². The minimum atomic E-state index is -0.0231. The van der Waals surface area contributed by atoms with Gasteiger partial charge in [0.2, 0.25) is 5.88 Å². The number of hydrogen-bond donors (Lipinski definition) is 1. The van der Waals surface area contributed by atoms with E-state index in [1.807, 2.05) is 0 Å². The van der Waals surface area contributed by atoms with E-state index in [0.29, 0.717) is 5.82 Å². The van der Waals surface area contributed by atoms with Crippen molar-refractivity contribution in [2.75, 3.05) is 7.11 Å². The quantitative estimate of drug-likeness (QED) is 0.487. The molecule has 0 saturated carbocycles. The average molecular weight is 155 g/mol. The zero-order valence-electron chi connectivity index (χ0n) is 6.35. The van der Waals surface area contributed by atoms with E-state index in [4.69, 9.17) is 5.11 Å². The van der Waals surface area contributed by atoms with E-state index >= 15 is 0 Å². The van der Waals surface area contributed by atoms with Crippen molar-refractivity contribution in [3.63, 3.8) is 0 Å². The third-order valence-electron chi connectivity index (χ3n) is 1.17. The molecule has 0 aliphatic heterocycles. The van der Waals surface area contributed by atoms with Crippen LogP contribution in [0, 0.1) is 0 Å². The van der Waals surface area contributed by atoms with Crippen LogP contribution in [0.4, 0.5) is 0 Å². The van der Waals surface area contributed by atoms with Gasteiger partial charge in [-0.2, -0.15) is 4.98 Å². The number of oxime groups is 1. The zero-order valence-corrected chi connectivity index (χ0v) is 6.35. The van der Waals surface area contributed by atoms with Gasteiger partial charge < -0.3 is 14.5 Å². The van der Waals surface area contributed by atoms with Gasteiger partial charge >= 0.3 is 0 Å². The standard InChI is InChI=1S/C6H9N3O2/c1-9-4-6(10)8-5(9)3-7-11-2/h3-4,10H,1-2H3. The van der Waals surface area contributed by atoms with Crippen molar-refractivity contribution < 1.29 is 9.94 Å². The molecule has 0 fully saturated rings. The molecule has 0 aromatic carbocycles. The summed E-state index contributed by atoms with van der Waals surface area (Å²) in [5, 5.41) is 12.4. The van der Waals surface area contributed by atoms with Crippen LogP contribution < -0.4 is 0 Å². The molecule has 5 heteroatoms. The molecule has 1 rings (SSSR count). The minimum absolute atomic E-state index is 0.0231. The molecule has 0 bridgehead atoms. The first-order valence-corrected chi connectivity index (χ1v) is 3.03. The van der Waals surface area contributed by atoms with E-state index in [2.05, 4.69) is 15.0 Å². The molecule has 1 aromatic rings. The summed E-state index contributed by atoms with van der Waals surface area (Å²) in [6.07, 6.45) is 2.90. The van der Waals surface area contributed by atoms with Crippen molar-refractivity contribution in [2.45, 2.75) is 0 Å². The molecule has 60 valence electrons. The molecule has 0 radical (unpaired) electrons. The topological polar surface area (TPSA) is 59.6 Å². The normalized spacial score (nSPS) is 10.7. The molecule has 0 spiro atoms. The van der Waals surface area contributed by atoms with Crippen molar-refractivity contribution in [2.24, 2.45) is 12.2 Å². The van der Waals surface area contributed by atoms with Crippen molar-refractivity contribution in [3.8, 4) is 5.88 Å². The Hall–Kier alpha value is -1.52. The molecular formula is C6H9N3O2. The van der Waals surface area contributed by atoms with Gasteiger partial charge in [0.05, 0.1) is 6.20 Å². The SMILES string of the molecule is CON=Cc1nc(O)cn1C. The molecule has 0 atom stereocenters. The van der Waals surface area contributed by atoms with E-state index in [9.17, 15) is 0 Å². The highest BCUT2D eigenvalue weighted by atomic mass is 16.6. The second-order valence-corrected chi connectivity index (χ2v) is 1.99. The van der Waals surface area contributed by atoms with Gasteiger partial charge in [0, 0.05) is 7.05 Å². The third-order valence-corrected chi connectivity index (χ3v) is 1.17. The Balaban J connectivity index is 2.85. The lowest BCUT2D eigenvalue weighted by atomic mass is 10.7. The van der Waals surface area contributed by atoms with Crippen LogP contribution in [0.5, 0.6) is 5.88 Å². The first-order chi connectivity index (χ1) is 5.24. The summed E-state index contributed by atoms with van der Waals surface area (Å²) in [5.41, 5.74) is 0. The highest BCUT2D eigenvalue weighted by molar-refractivity contribution is 5.74. The van der Waals surface area contributed by atoms with Crippen LogP contribution in [0.2, 0.25) is 0 Å². The van der Waals surface area contributed by atoms with E-state index in [1.165, 1.54) is 19.5 Å². The highest BCUT2D eigenvalue weighted by Crippen LogP contribution is 2.04. The van der Waals surface area contributed by atoms with Crippen LogP contribution in [0.15, 0.2) is 11.4 Å². The number of aromatic nitrogens is 2. The lowest BCUT2D eigenvalue weighted by Crippen LogP contribution is -1.94. The first kappa shape index (κ1) is 7.59. The number of nitrogens with zero attached hydrogens (tertiary/aromatic N) is 3. The molecular weight excluding hydrogens is 146 g/mol. The molecule has 11 heavy (non-hydrogen) atoms. The van der Waals surface area contributed by atoms with Crippen LogP contribution in [-0.2, 0) is 11.9 Å². The van der Waals surface area contributed by atoms with Gasteiger partial charge in [0.1, 0.15) is 13.3 Å². The smallest absolute Gasteiger partial charge is 0.229 e. The van der Waals surface area contributed by atoms with Crippen molar-refractivity contribution in [1.82, 2.24) is 9.55 Å². The average Bonchev–Trinajstić information content (AvgIpc) is 2.26. The summed E-state index contributed by atoms with van der Waals surface area (Å²) >= 11 is 0. The Morgan fingerprint density at radius 1 is 1.82 bits per heavy atom. The van der Waals surface area contributed by atoms with Gasteiger partial charge in [-0.05, 0) is 0 Å². The monoisotopic (exact) mass is 155 g/mol. The third kappa shape index (κ3) is 1.70. The Bertz CT molecular complexity index is 267. The number of imidazole rings is 1. The Morgan fingerprint density at radius 3 is 3.00 bits per heavy atom. The van der Waals surface area contributed by atoms with Gasteiger partial charge in [0.25, 0.3) is 0 Å². The predicted molar refractivity (Wildman–Crippen MR) is 39.5 cm³/mol.